The first kappa shape index (κ1) is 14.5. The van der Waals surface area contributed by atoms with Crippen LogP contribution in [0.4, 0.5) is 0 Å². The van der Waals surface area contributed by atoms with Gasteiger partial charge in [-0.3, -0.25) is 4.79 Å². The van der Waals surface area contributed by atoms with E-state index in [0.29, 0.717) is 5.56 Å². The van der Waals surface area contributed by atoms with Crippen LogP contribution < -0.4 is 5.73 Å². The van der Waals surface area contributed by atoms with Crippen LogP contribution in [0.15, 0.2) is 34.2 Å². The molecule has 1 heterocycles. The molecule has 0 saturated carbocycles. The minimum absolute atomic E-state index is 0.134. The molecule has 20 heavy (non-hydrogen) atoms. The number of nitrogens with zero attached hydrogens (tertiary/aromatic N) is 2. The molecule has 0 spiro atoms. The molecule has 1 unspecified atom stereocenters. The maximum atomic E-state index is 11.9. The van der Waals surface area contributed by atoms with Crippen molar-refractivity contribution in [1.82, 2.24) is 4.31 Å². The number of ether oxygens (including phenoxy) is 1. The Hall–Kier alpha value is -1.93. The van der Waals surface area contributed by atoms with Gasteiger partial charge in [0.1, 0.15) is 0 Å². The zero-order valence-corrected chi connectivity index (χ0v) is 12.1. The standard InChI is InChI=1S/C12H15N3O4S/c1-12(10(16)14-11(13)19-12)8-4-6-9(7-5-8)20(17,18)15(2)3/h4-7H,1-3H3,(H2,13,14,16). The van der Waals surface area contributed by atoms with Crippen LogP contribution in [0.5, 0.6) is 0 Å². The maximum absolute atomic E-state index is 11.9. The molecule has 0 aromatic heterocycles. The fraction of sp³-hybridized carbons (Fsp3) is 0.333. The predicted molar refractivity (Wildman–Crippen MR) is 72.4 cm³/mol. The van der Waals surface area contributed by atoms with E-state index in [2.05, 4.69) is 4.99 Å². The summed E-state index contributed by atoms with van der Waals surface area (Å²) in [6.45, 7) is 1.54. The Morgan fingerprint density at radius 1 is 1.25 bits per heavy atom. The average Bonchev–Trinajstić information content (AvgIpc) is 2.64. The Balaban J connectivity index is 2.38. The number of benzene rings is 1. The zero-order valence-electron chi connectivity index (χ0n) is 11.3. The molecule has 1 aromatic carbocycles. The number of hydrogen-bond acceptors (Lipinski definition) is 5. The Morgan fingerprint density at radius 3 is 2.20 bits per heavy atom. The number of amidine groups is 1. The molecule has 108 valence electrons. The molecule has 1 amide bonds. The average molecular weight is 297 g/mol. The number of nitrogens with two attached hydrogens (primary N) is 1. The molecule has 7 nitrogen and oxygen atoms in total. The van der Waals surface area contributed by atoms with E-state index in [1.807, 2.05) is 0 Å². The van der Waals surface area contributed by atoms with Crippen molar-refractivity contribution in [2.45, 2.75) is 17.4 Å². The molecule has 0 radical (unpaired) electrons. The summed E-state index contributed by atoms with van der Waals surface area (Å²) in [7, 11) is -0.613. The monoisotopic (exact) mass is 297 g/mol. The fourth-order valence-electron chi connectivity index (χ4n) is 1.82. The highest BCUT2D eigenvalue weighted by Crippen LogP contribution is 2.31. The summed E-state index contributed by atoms with van der Waals surface area (Å²) in [5.41, 5.74) is 4.57. The lowest BCUT2D eigenvalue weighted by Gasteiger charge is -2.21. The van der Waals surface area contributed by atoms with Gasteiger partial charge >= 0.3 is 0 Å². The summed E-state index contributed by atoms with van der Waals surface area (Å²) < 4.78 is 30.2. The molecule has 1 aliphatic heterocycles. The quantitative estimate of drug-likeness (QED) is 0.847. The first-order chi connectivity index (χ1) is 9.18. The van der Waals surface area contributed by atoms with Gasteiger partial charge in [-0.05, 0) is 19.1 Å². The molecule has 2 rings (SSSR count). The summed E-state index contributed by atoms with van der Waals surface area (Å²) >= 11 is 0. The van der Waals surface area contributed by atoms with Crippen molar-refractivity contribution >= 4 is 22.0 Å². The lowest BCUT2D eigenvalue weighted by atomic mass is 9.95. The van der Waals surface area contributed by atoms with Crippen LogP contribution in [0.2, 0.25) is 0 Å². The van der Waals surface area contributed by atoms with E-state index < -0.39 is 21.5 Å². The van der Waals surface area contributed by atoms with E-state index in [1.54, 1.807) is 0 Å². The maximum Gasteiger partial charge on any atom is 0.298 e. The van der Waals surface area contributed by atoms with Crippen LogP contribution in [-0.2, 0) is 25.2 Å². The second-order valence-corrected chi connectivity index (χ2v) is 6.85. The smallest absolute Gasteiger partial charge is 0.298 e. The lowest BCUT2D eigenvalue weighted by Crippen LogP contribution is -2.32. The topological polar surface area (TPSA) is 102 Å². The SMILES string of the molecule is CN(C)S(=O)(=O)c1ccc(C2(C)OC(N)=NC2=O)cc1. The van der Waals surface area contributed by atoms with Crippen molar-refractivity contribution in [3.8, 4) is 0 Å². The molecule has 1 atom stereocenters. The number of rotatable bonds is 3. The summed E-state index contributed by atoms with van der Waals surface area (Å²) in [5.74, 6) is -0.516. The Kier molecular flexibility index (Phi) is 3.31. The summed E-state index contributed by atoms with van der Waals surface area (Å²) in [4.78, 5) is 15.4. The minimum atomic E-state index is -3.51. The van der Waals surface area contributed by atoms with Crippen LogP contribution >= 0.6 is 0 Å². The van der Waals surface area contributed by atoms with E-state index in [0.717, 1.165) is 4.31 Å². The van der Waals surface area contributed by atoms with Crippen molar-refractivity contribution in [1.29, 1.82) is 0 Å². The van der Waals surface area contributed by atoms with Crippen molar-refractivity contribution < 1.29 is 17.9 Å². The van der Waals surface area contributed by atoms with Crippen LogP contribution in [0.25, 0.3) is 0 Å². The van der Waals surface area contributed by atoms with Crippen LogP contribution in [0.1, 0.15) is 12.5 Å². The molecular weight excluding hydrogens is 282 g/mol. The molecule has 0 fully saturated rings. The molecular formula is C12H15N3O4S. The second kappa shape index (κ2) is 4.57. The van der Waals surface area contributed by atoms with Gasteiger partial charge in [0.2, 0.25) is 15.6 Å². The highest BCUT2D eigenvalue weighted by Gasteiger charge is 2.43. The largest absolute Gasteiger partial charge is 0.444 e. The first-order valence-corrected chi connectivity index (χ1v) is 7.22. The van der Waals surface area contributed by atoms with Gasteiger partial charge in [0, 0.05) is 19.7 Å². The molecule has 0 saturated heterocycles. The van der Waals surface area contributed by atoms with E-state index in [-0.39, 0.29) is 10.9 Å². The molecule has 8 heteroatoms. The van der Waals surface area contributed by atoms with E-state index >= 15 is 0 Å². The number of hydrogen-bond donors (Lipinski definition) is 1. The molecule has 2 N–H and O–H groups in total. The van der Waals surface area contributed by atoms with E-state index in [1.165, 1.54) is 45.3 Å². The zero-order chi connectivity index (χ0) is 15.1. The molecule has 1 aromatic rings. The number of amides is 1. The normalized spacial score (nSPS) is 22.8. The molecule has 0 aliphatic carbocycles. The van der Waals surface area contributed by atoms with Gasteiger partial charge in [-0.1, -0.05) is 12.1 Å². The van der Waals surface area contributed by atoms with Gasteiger partial charge in [-0.2, -0.15) is 4.99 Å². The minimum Gasteiger partial charge on any atom is -0.444 e. The Morgan fingerprint density at radius 2 is 1.80 bits per heavy atom. The molecule has 1 aliphatic rings. The van der Waals surface area contributed by atoms with Crippen LogP contribution in [0.3, 0.4) is 0 Å². The summed E-state index contributed by atoms with van der Waals surface area (Å²) in [6.07, 6.45) is 0. The van der Waals surface area contributed by atoms with Gasteiger partial charge in [0.15, 0.2) is 0 Å². The van der Waals surface area contributed by atoms with Crippen molar-refractivity contribution in [3.05, 3.63) is 29.8 Å². The summed E-state index contributed by atoms with van der Waals surface area (Å²) in [6, 6.07) is 5.68. The lowest BCUT2D eigenvalue weighted by molar-refractivity contribution is -0.130. The highest BCUT2D eigenvalue weighted by atomic mass is 32.2. The first-order valence-electron chi connectivity index (χ1n) is 5.78. The van der Waals surface area contributed by atoms with Gasteiger partial charge in [-0.15, -0.1) is 0 Å². The fourth-order valence-corrected chi connectivity index (χ4v) is 2.72. The highest BCUT2D eigenvalue weighted by molar-refractivity contribution is 7.89. The molecule has 0 bridgehead atoms. The predicted octanol–water partition coefficient (Wildman–Crippen LogP) is 0.0236. The van der Waals surface area contributed by atoms with Gasteiger partial charge in [0.05, 0.1) is 4.90 Å². The van der Waals surface area contributed by atoms with Gasteiger partial charge < -0.3 is 10.5 Å². The summed E-state index contributed by atoms with van der Waals surface area (Å²) in [5, 5.41) is 0. The van der Waals surface area contributed by atoms with Crippen molar-refractivity contribution in [2.75, 3.05) is 14.1 Å². The Labute approximate surface area is 117 Å². The number of aliphatic imine (C=N–C) groups is 1. The Bertz CT molecular complexity index is 679. The van der Waals surface area contributed by atoms with Crippen LogP contribution in [-0.4, -0.2) is 38.7 Å². The van der Waals surface area contributed by atoms with Crippen LogP contribution in [0, 0.1) is 0 Å². The number of carbonyl (C=O) groups excluding carboxylic acids is 1. The van der Waals surface area contributed by atoms with Crippen molar-refractivity contribution in [2.24, 2.45) is 10.7 Å². The third kappa shape index (κ3) is 2.16. The third-order valence-corrected chi connectivity index (χ3v) is 4.94. The second-order valence-electron chi connectivity index (χ2n) is 4.70. The van der Waals surface area contributed by atoms with E-state index in [4.69, 9.17) is 10.5 Å². The number of carbonyl (C=O) groups is 1. The van der Waals surface area contributed by atoms with Gasteiger partial charge in [-0.25, -0.2) is 12.7 Å². The van der Waals surface area contributed by atoms with Gasteiger partial charge in [0.25, 0.3) is 11.9 Å². The number of sulfonamides is 1. The third-order valence-electron chi connectivity index (χ3n) is 3.11. The van der Waals surface area contributed by atoms with E-state index in [9.17, 15) is 13.2 Å². The van der Waals surface area contributed by atoms with Crippen molar-refractivity contribution in [3.63, 3.8) is 0 Å².